The van der Waals surface area contributed by atoms with E-state index in [9.17, 15) is 0 Å². The summed E-state index contributed by atoms with van der Waals surface area (Å²) >= 11 is 1.43. The van der Waals surface area contributed by atoms with Crippen molar-refractivity contribution in [1.82, 2.24) is 4.37 Å². The van der Waals surface area contributed by atoms with Crippen LogP contribution in [0.1, 0.15) is 5.56 Å². The number of hydrogen-bond acceptors (Lipinski definition) is 4. The highest BCUT2D eigenvalue weighted by molar-refractivity contribution is 7.10. The largest absolute Gasteiger partial charge is 0.383 e. The Morgan fingerprint density at radius 2 is 2.07 bits per heavy atom. The van der Waals surface area contributed by atoms with Gasteiger partial charge in [-0.15, -0.1) is 0 Å². The molecule has 1 aromatic heterocycles. The summed E-state index contributed by atoms with van der Waals surface area (Å²) in [4.78, 5) is 2.14. The zero-order valence-electron chi connectivity index (χ0n) is 8.55. The van der Waals surface area contributed by atoms with E-state index in [1.807, 2.05) is 31.3 Å². The average molecular weight is 219 g/mol. The van der Waals surface area contributed by atoms with Gasteiger partial charge >= 0.3 is 0 Å². The Hall–Kier alpha value is -1.55. The number of nitrogens with zero attached hydrogens (tertiary/aromatic N) is 2. The van der Waals surface area contributed by atoms with Crippen molar-refractivity contribution in [3.8, 4) is 0 Å². The molecule has 0 radical (unpaired) electrons. The van der Waals surface area contributed by atoms with E-state index in [0.717, 1.165) is 11.5 Å². The Balaban J connectivity index is 2.07. The third-order valence-corrected chi connectivity index (χ3v) is 3.07. The highest BCUT2D eigenvalue weighted by Gasteiger charge is 2.05. The fraction of sp³-hybridized carbons (Fsp3) is 0.182. The van der Waals surface area contributed by atoms with E-state index >= 15 is 0 Å². The van der Waals surface area contributed by atoms with Crippen LogP contribution in [-0.2, 0) is 6.54 Å². The number of anilines is 2. The van der Waals surface area contributed by atoms with Gasteiger partial charge in [0.15, 0.2) is 0 Å². The Morgan fingerprint density at radius 3 is 2.67 bits per heavy atom. The number of nitrogen functional groups attached to an aromatic ring is 1. The van der Waals surface area contributed by atoms with Crippen LogP contribution in [0, 0.1) is 0 Å². The lowest BCUT2D eigenvalue weighted by atomic mass is 10.2. The molecule has 78 valence electrons. The van der Waals surface area contributed by atoms with Crippen LogP contribution in [0.15, 0.2) is 36.4 Å². The molecule has 4 heteroatoms. The number of rotatable bonds is 3. The third-order valence-electron chi connectivity index (χ3n) is 2.15. The summed E-state index contributed by atoms with van der Waals surface area (Å²) in [5.41, 5.74) is 6.87. The third kappa shape index (κ3) is 2.47. The SMILES string of the molecule is CN(Cc1ccccc1)c1cc(N)ns1. The van der Waals surface area contributed by atoms with Gasteiger partial charge in [0.2, 0.25) is 0 Å². The fourth-order valence-electron chi connectivity index (χ4n) is 1.39. The smallest absolute Gasteiger partial charge is 0.139 e. The van der Waals surface area contributed by atoms with Crippen LogP contribution < -0.4 is 10.6 Å². The number of hydrogen-bond donors (Lipinski definition) is 1. The molecular weight excluding hydrogens is 206 g/mol. The summed E-state index contributed by atoms with van der Waals surface area (Å²) in [6, 6.07) is 12.2. The summed E-state index contributed by atoms with van der Waals surface area (Å²) < 4.78 is 4.06. The Morgan fingerprint density at radius 1 is 1.33 bits per heavy atom. The maximum Gasteiger partial charge on any atom is 0.139 e. The van der Waals surface area contributed by atoms with E-state index in [1.165, 1.54) is 17.1 Å². The zero-order valence-corrected chi connectivity index (χ0v) is 9.37. The van der Waals surface area contributed by atoms with Gasteiger partial charge in [-0.1, -0.05) is 30.3 Å². The van der Waals surface area contributed by atoms with E-state index in [0.29, 0.717) is 5.82 Å². The fourth-order valence-corrected chi connectivity index (χ4v) is 2.02. The first kappa shape index (κ1) is 9.98. The molecule has 15 heavy (non-hydrogen) atoms. The van der Waals surface area contributed by atoms with Gasteiger partial charge in [-0.2, -0.15) is 4.37 Å². The maximum absolute atomic E-state index is 5.58. The molecule has 0 saturated heterocycles. The number of aromatic nitrogens is 1. The normalized spacial score (nSPS) is 10.2. The first-order valence-electron chi connectivity index (χ1n) is 4.73. The monoisotopic (exact) mass is 219 g/mol. The molecule has 1 aromatic carbocycles. The van der Waals surface area contributed by atoms with Crippen LogP contribution in [0.25, 0.3) is 0 Å². The second-order valence-electron chi connectivity index (χ2n) is 3.43. The molecule has 0 unspecified atom stereocenters. The summed E-state index contributed by atoms with van der Waals surface area (Å²) in [5, 5.41) is 1.09. The topological polar surface area (TPSA) is 42.1 Å². The van der Waals surface area contributed by atoms with Gasteiger partial charge in [0.05, 0.1) is 0 Å². The Kier molecular flexibility index (Phi) is 2.87. The highest BCUT2D eigenvalue weighted by Crippen LogP contribution is 2.22. The molecule has 0 atom stereocenters. The molecule has 0 aliphatic carbocycles. The molecule has 2 aromatic rings. The maximum atomic E-state index is 5.58. The Labute approximate surface area is 93.3 Å². The van der Waals surface area contributed by atoms with Crippen LogP contribution >= 0.6 is 11.5 Å². The van der Waals surface area contributed by atoms with Crippen molar-refractivity contribution in [1.29, 1.82) is 0 Å². The average Bonchev–Trinajstić information content (AvgIpc) is 2.66. The van der Waals surface area contributed by atoms with Gasteiger partial charge in [-0.3, -0.25) is 0 Å². The molecule has 1 heterocycles. The van der Waals surface area contributed by atoms with Gasteiger partial charge in [0, 0.05) is 19.7 Å². The molecule has 0 saturated carbocycles. The number of benzene rings is 1. The van der Waals surface area contributed by atoms with E-state index in [4.69, 9.17) is 5.73 Å². The first-order valence-corrected chi connectivity index (χ1v) is 5.50. The summed E-state index contributed by atoms with van der Waals surface area (Å²) in [6.07, 6.45) is 0. The molecule has 0 aliphatic heterocycles. The lowest BCUT2D eigenvalue weighted by molar-refractivity contribution is 0.935. The molecule has 2 N–H and O–H groups in total. The molecule has 0 bridgehead atoms. The summed E-state index contributed by atoms with van der Waals surface area (Å²) in [6.45, 7) is 0.877. The lowest BCUT2D eigenvalue weighted by Gasteiger charge is -2.15. The predicted octanol–water partition coefficient (Wildman–Crippen LogP) is 2.36. The van der Waals surface area contributed by atoms with Crippen molar-refractivity contribution in [3.05, 3.63) is 42.0 Å². The first-order chi connectivity index (χ1) is 7.25. The van der Waals surface area contributed by atoms with Crippen LogP contribution in [-0.4, -0.2) is 11.4 Å². The van der Waals surface area contributed by atoms with Gasteiger partial charge in [-0.05, 0) is 17.1 Å². The van der Waals surface area contributed by atoms with Gasteiger partial charge in [0.1, 0.15) is 10.8 Å². The van der Waals surface area contributed by atoms with E-state index < -0.39 is 0 Å². The molecule has 0 spiro atoms. The molecule has 3 nitrogen and oxygen atoms in total. The number of nitrogens with two attached hydrogens (primary N) is 1. The molecule has 0 aliphatic rings. The van der Waals surface area contributed by atoms with E-state index in [1.54, 1.807) is 0 Å². The molecule has 0 amide bonds. The highest BCUT2D eigenvalue weighted by atomic mass is 32.1. The predicted molar refractivity (Wildman–Crippen MR) is 65.1 cm³/mol. The van der Waals surface area contributed by atoms with Crippen LogP contribution in [0.2, 0.25) is 0 Å². The van der Waals surface area contributed by atoms with Crippen molar-refractivity contribution in [2.24, 2.45) is 0 Å². The second-order valence-corrected chi connectivity index (χ2v) is 4.22. The van der Waals surface area contributed by atoms with Gasteiger partial charge < -0.3 is 10.6 Å². The minimum atomic E-state index is 0.593. The van der Waals surface area contributed by atoms with E-state index in [2.05, 4.69) is 21.4 Å². The Bertz CT molecular complexity index is 424. The van der Waals surface area contributed by atoms with E-state index in [-0.39, 0.29) is 0 Å². The zero-order chi connectivity index (χ0) is 10.7. The quantitative estimate of drug-likeness (QED) is 0.861. The van der Waals surface area contributed by atoms with Crippen molar-refractivity contribution in [3.63, 3.8) is 0 Å². The van der Waals surface area contributed by atoms with Gasteiger partial charge in [0.25, 0.3) is 0 Å². The standard InChI is InChI=1S/C11H13N3S/c1-14(11-7-10(12)13-15-11)8-9-5-3-2-4-6-9/h2-7H,8H2,1H3,(H2,12,13). The molecule has 0 fully saturated rings. The van der Waals surface area contributed by atoms with Crippen molar-refractivity contribution < 1.29 is 0 Å². The summed E-state index contributed by atoms with van der Waals surface area (Å²) in [7, 11) is 2.04. The van der Waals surface area contributed by atoms with Crippen LogP contribution in [0.5, 0.6) is 0 Å². The van der Waals surface area contributed by atoms with Crippen LogP contribution in [0.3, 0.4) is 0 Å². The second kappa shape index (κ2) is 4.31. The minimum absolute atomic E-state index is 0.593. The molecule has 2 rings (SSSR count). The van der Waals surface area contributed by atoms with Gasteiger partial charge in [-0.25, -0.2) is 0 Å². The van der Waals surface area contributed by atoms with Crippen molar-refractivity contribution >= 4 is 22.4 Å². The van der Waals surface area contributed by atoms with Crippen molar-refractivity contribution in [2.75, 3.05) is 17.7 Å². The molecular formula is C11H13N3S. The minimum Gasteiger partial charge on any atom is -0.383 e. The van der Waals surface area contributed by atoms with Crippen LogP contribution in [0.4, 0.5) is 10.8 Å². The summed E-state index contributed by atoms with van der Waals surface area (Å²) in [5.74, 6) is 0.593. The lowest BCUT2D eigenvalue weighted by Crippen LogP contribution is -2.14. The van der Waals surface area contributed by atoms with Crippen molar-refractivity contribution in [2.45, 2.75) is 6.54 Å².